The summed E-state index contributed by atoms with van der Waals surface area (Å²) in [6.45, 7) is 0. The van der Waals surface area contributed by atoms with E-state index in [2.05, 4.69) is 11.9 Å². The van der Waals surface area contributed by atoms with Crippen molar-refractivity contribution in [3.05, 3.63) is 0 Å². The number of hydrogen-bond acceptors (Lipinski definition) is 2. The molecular weight excluding hydrogens is 102 g/mol. The van der Waals surface area contributed by atoms with Crippen LogP contribution in [0.2, 0.25) is 0 Å². The summed E-state index contributed by atoms with van der Waals surface area (Å²) in [7, 11) is 1.00. The third kappa shape index (κ3) is 36.7. The minimum atomic E-state index is 0. The van der Waals surface area contributed by atoms with E-state index in [1.54, 1.807) is 0 Å². The van der Waals surface area contributed by atoms with Crippen LogP contribution in [-0.4, -0.2) is 12.2 Å². The van der Waals surface area contributed by atoms with Gasteiger partial charge in [-0.25, -0.2) is 11.9 Å². The van der Waals surface area contributed by atoms with E-state index in [0.29, 0.717) is 0 Å². The van der Waals surface area contributed by atoms with Gasteiger partial charge in [-0.2, -0.15) is 0 Å². The third-order valence-electron chi connectivity index (χ3n) is 0. The van der Waals surface area contributed by atoms with Crippen molar-refractivity contribution in [2.75, 3.05) is 7.11 Å². The first-order valence-corrected chi connectivity index (χ1v) is 0.910. The van der Waals surface area contributed by atoms with E-state index in [1.165, 1.54) is 0 Å². The molecule has 0 aromatic rings. The van der Waals surface area contributed by atoms with Gasteiger partial charge in [-0.05, 0) is 0 Å². The zero-order valence-corrected chi connectivity index (χ0v) is 5.99. The van der Waals surface area contributed by atoms with Crippen molar-refractivity contribution in [3.63, 3.8) is 0 Å². The molecule has 0 unspecified atom stereocenters. The second-order valence-electron chi connectivity index (χ2n) is 0. The molecule has 2 nitrogen and oxygen atoms in total. The van der Waals surface area contributed by atoms with Gasteiger partial charge >= 0.3 is 29.6 Å². The first-order valence-electron chi connectivity index (χ1n) is 0.602. The Morgan fingerprint density at radius 2 is 1.40 bits per heavy atom. The summed E-state index contributed by atoms with van der Waals surface area (Å²) in [5.74, 6) is 0. The van der Waals surface area contributed by atoms with Crippen molar-refractivity contribution in [1.29, 1.82) is 0 Å². The summed E-state index contributed by atoms with van der Waals surface area (Å²) in [6, 6.07) is 0. The number of hydrogen-bond donors (Lipinski definition) is 1. The average Bonchev–Trinajstić information content (AvgIpc) is 1.50. The molecule has 0 heterocycles. The summed E-state index contributed by atoms with van der Waals surface area (Å²) in [5, 5.41) is 7.00. The molecule has 0 aliphatic carbocycles. The van der Waals surface area contributed by atoms with Crippen molar-refractivity contribution in [2.24, 2.45) is 0 Å². The fourth-order valence-electron chi connectivity index (χ4n) is 0. The molecule has 0 aromatic heterocycles. The van der Waals surface area contributed by atoms with Crippen molar-refractivity contribution in [1.82, 2.24) is 0 Å². The molecule has 0 aliphatic rings. The van der Waals surface area contributed by atoms with Crippen molar-refractivity contribution in [3.8, 4) is 0 Å². The van der Waals surface area contributed by atoms with Crippen LogP contribution in [0.3, 0.4) is 0 Å². The van der Waals surface area contributed by atoms with Crippen LogP contribution in [0.15, 0.2) is 0 Å². The molecule has 5 heavy (non-hydrogen) atoms. The Bertz CT molecular complexity index is 9.61. The zero-order chi connectivity index (χ0) is 4.00. The fraction of sp³-hybridized carbons (Fsp3) is 1.00. The van der Waals surface area contributed by atoms with E-state index in [4.69, 9.17) is 9.77 Å². The molecule has 0 bridgehead atoms. The first-order chi connectivity index (χ1) is 2.00. The van der Waals surface area contributed by atoms with E-state index in [1.807, 2.05) is 0 Å². The minimum absolute atomic E-state index is 0. The maximum atomic E-state index is 7.72. The van der Waals surface area contributed by atoms with Crippen LogP contribution in [0.1, 0.15) is 0 Å². The van der Waals surface area contributed by atoms with E-state index < -0.39 is 0 Å². The number of rotatable bonds is 0. The predicted octanol–water partition coefficient (Wildman–Crippen LogP) is -3.89. The van der Waals surface area contributed by atoms with Gasteiger partial charge in [0.25, 0.3) is 0 Å². The first kappa shape index (κ1) is 16.4. The van der Waals surface area contributed by atoms with E-state index >= 15 is 0 Å². The summed E-state index contributed by atoms with van der Waals surface area (Å²) in [5.41, 5.74) is 0. The largest absolute Gasteiger partial charge is 1.00 e. The van der Waals surface area contributed by atoms with Gasteiger partial charge in [0.2, 0.25) is 0 Å². The molecule has 28 valence electrons. The molecule has 0 saturated heterocycles. The SMILES string of the molecule is CO.[Na+].[O-]Cl. The van der Waals surface area contributed by atoms with Gasteiger partial charge in [0.1, 0.15) is 0 Å². The van der Waals surface area contributed by atoms with Crippen LogP contribution in [0.25, 0.3) is 0 Å². The summed E-state index contributed by atoms with van der Waals surface area (Å²) < 4.78 is 7.72. The van der Waals surface area contributed by atoms with Gasteiger partial charge in [-0.3, -0.25) is 0 Å². The number of halogens is 1. The molecule has 0 aliphatic heterocycles. The third-order valence-corrected chi connectivity index (χ3v) is 0. The molecule has 0 rings (SSSR count). The second kappa shape index (κ2) is 63.1. The maximum absolute atomic E-state index is 7.72. The Labute approximate surface area is 58.2 Å². The number of aliphatic hydroxyl groups excluding tert-OH is 1. The summed E-state index contributed by atoms with van der Waals surface area (Å²) >= 11 is 3.39. The van der Waals surface area contributed by atoms with Crippen LogP contribution >= 0.6 is 11.9 Å². The summed E-state index contributed by atoms with van der Waals surface area (Å²) in [4.78, 5) is 0. The van der Waals surface area contributed by atoms with E-state index in [-0.39, 0.29) is 29.6 Å². The molecule has 0 spiro atoms. The van der Waals surface area contributed by atoms with Crippen LogP contribution in [0.5, 0.6) is 0 Å². The average molecular weight is 106 g/mol. The zero-order valence-electron chi connectivity index (χ0n) is 3.23. The Kier molecular flexibility index (Phi) is 206. The minimum Gasteiger partial charge on any atom is -0.769 e. The van der Waals surface area contributed by atoms with E-state index in [0.717, 1.165) is 7.11 Å². The molecular formula is CH4ClNaO2. The topological polar surface area (TPSA) is 43.3 Å². The van der Waals surface area contributed by atoms with Crippen LogP contribution in [0, 0.1) is 0 Å². The number of aliphatic hydroxyl groups is 1. The second-order valence-corrected chi connectivity index (χ2v) is 0. The Hall–Kier alpha value is 1.21. The fourth-order valence-corrected chi connectivity index (χ4v) is 0. The molecule has 0 atom stereocenters. The normalized spacial score (nSPS) is 2.40. The predicted molar refractivity (Wildman–Crippen MR) is 14.0 cm³/mol. The standard InChI is InChI=1S/CH4O.ClO.Na/c2*1-2;/h2H,1H3;;/q;-1;+1. The molecule has 4 heteroatoms. The van der Waals surface area contributed by atoms with Crippen LogP contribution < -0.4 is 34.2 Å². The van der Waals surface area contributed by atoms with Gasteiger partial charge in [0.15, 0.2) is 0 Å². The van der Waals surface area contributed by atoms with Crippen LogP contribution in [-0.2, 0) is 0 Å². The maximum Gasteiger partial charge on any atom is 1.00 e. The van der Waals surface area contributed by atoms with E-state index in [9.17, 15) is 0 Å². The molecule has 0 fully saturated rings. The smallest absolute Gasteiger partial charge is 0.769 e. The molecule has 0 radical (unpaired) electrons. The van der Waals surface area contributed by atoms with Gasteiger partial charge in [-0.1, -0.05) is 0 Å². The quantitative estimate of drug-likeness (QED) is 0.321. The van der Waals surface area contributed by atoms with Crippen molar-refractivity contribution in [2.45, 2.75) is 0 Å². The molecule has 0 amide bonds. The van der Waals surface area contributed by atoms with Crippen LogP contribution in [0.4, 0.5) is 0 Å². The Balaban J connectivity index is -0.0000000133. The Morgan fingerprint density at radius 1 is 1.40 bits per heavy atom. The van der Waals surface area contributed by atoms with Gasteiger partial charge in [0, 0.05) is 7.11 Å². The summed E-state index contributed by atoms with van der Waals surface area (Å²) in [6.07, 6.45) is 0. The molecule has 0 saturated carbocycles. The monoisotopic (exact) mass is 106 g/mol. The van der Waals surface area contributed by atoms with Gasteiger partial charge in [-0.15, -0.1) is 0 Å². The van der Waals surface area contributed by atoms with Crippen molar-refractivity contribution >= 4 is 11.9 Å². The van der Waals surface area contributed by atoms with Crippen molar-refractivity contribution < 1.29 is 39.3 Å². The van der Waals surface area contributed by atoms with Gasteiger partial charge in [0.05, 0.1) is 0 Å². The Morgan fingerprint density at radius 3 is 1.40 bits per heavy atom. The van der Waals surface area contributed by atoms with Gasteiger partial charge < -0.3 is 9.77 Å². The molecule has 0 aromatic carbocycles. The molecule has 1 N–H and O–H groups in total.